The van der Waals surface area contributed by atoms with E-state index in [1.165, 1.54) is 50.7 Å². The van der Waals surface area contributed by atoms with Crippen molar-refractivity contribution in [2.75, 3.05) is 64.3 Å². The Bertz CT molecular complexity index is 2200. The van der Waals surface area contributed by atoms with E-state index in [-0.39, 0.29) is 73.1 Å². The average molecular weight is 938 g/mol. The molecular weight excluding hydrogens is 887 g/mol. The monoisotopic (exact) mass is 937 g/mol. The van der Waals surface area contributed by atoms with Crippen LogP contribution in [0.1, 0.15) is 46.1 Å². The summed E-state index contributed by atoms with van der Waals surface area (Å²) in [4.78, 5) is 51.6. The summed E-state index contributed by atoms with van der Waals surface area (Å²) in [5, 5.41) is 33.6. The molecule has 0 spiro atoms. The zero-order valence-corrected chi connectivity index (χ0v) is 36.9. The first-order valence-corrected chi connectivity index (χ1v) is 21.1. The first-order valence-electron chi connectivity index (χ1n) is 19.6. The van der Waals surface area contributed by atoms with Crippen LogP contribution in [0, 0.1) is 0 Å². The normalized spacial score (nSPS) is 12.1. The topological polar surface area (TPSA) is 303 Å². The van der Waals surface area contributed by atoms with Crippen molar-refractivity contribution < 1.29 is 86.4 Å². The number of aromatic nitrogens is 4. The van der Waals surface area contributed by atoms with Gasteiger partial charge >= 0.3 is 12.3 Å². The number of benzene rings is 2. The number of hydrogen-bond donors (Lipinski definition) is 4. The molecule has 0 aliphatic rings. The summed E-state index contributed by atoms with van der Waals surface area (Å²) in [6.45, 7) is 5.24. The van der Waals surface area contributed by atoms with Crippen molar-refractivity contribution in [3.05, 3.63) is 72.6 Å². The third-order valence-electron chi connectivity index (χ3n) is 8.34. The van der Waals surface area contributed by atoms with Crippen LogP contribution in [0.5, 0.6) is 23.1 Å². The minimum absolute atomic E-state index is 0.0419. The van der Waals surface area contributed by atoms with E-state index in [4.69, 9.17) is 58.7 Å². The fraction of sp³-hybridized carbons (Fsp3) is 0.436. The molecule has 4 aromatic rings. The van der Waals surface area contributed by atoms with Gasteiger partial charge in [0.1, 0.15) is 19.8 Å². The molecule has 0 aliphatic heterocycles. The Labute approximate surface area is 373 Å². The van der Waals surface area contributed by atoms with Gasteiger partial charge in [-0.3, -0.25) is 25.7 Å². The van der Waals surface area contributed by atoms with E-state index >= 15 is 8.42 Å². The van der Waals surface area contributed by atoms with Crippen molar-refractivity contribution in [3.8, 4) is 34.8 Å². The molecule has 4 N–H and O–H groups in total. The third kappa shape index (κ3) is 16.5. The van der Waals surface area contributed by atoms with E-state index in [1.54, 1.807) is 30.3 Å². The summed E-state index contributed by atoms with van der Waals surface area (Å²) in [5.41, 5.74) is 0.463. The quantitative estimate of drug-likeness (QED) is 0.0276. The Balaban J connectivity index is 1.78. The zero-order chi connectivity index (χ0) is 47.4. The van der Waals surface area contributed by atoms with Gasteiger partial charge in [-0.25, -0.2) is 42.1 Å². The van der Waals surface area contributed by atoms with E-state index < -0.39 is 70.0 Å². The number of carbonyl (C=O) groups is 2. The van der Waals surface area contributed by atoms with Gasteiger partial charge in [-0.05, 0) is 61.1 Å². The van der Waals surface area contributed by atoms with E-state index in [2.05, 4.69) is 29.6 Å². The standard InChI is InChI=1S/C39H51N7O18S/c1-27(63-38(48)60-23-21-56-22-26-62-46(51)52)44(65(53,54)29-15-13-28(14-16-29)39(2,3)4)35-32(64-31-12-7-6-11-30(31)55-5)36(43-34(42-35)33-40-17-10-18-41-33)57-24-25-59-37(47)58-19-8-9-20-61-45(49)50/h6-7,10-18,27,49-52H,8-9,19-26H2,1-5H3. The third-order valence-corrected chi connectivity index (χ3v) is 10.2. The van der Waals surface area contributed by atoms with Gasteiger partial charge in [0.25, 0.3) is 15.9 Å². The summed E-state index contributed by atoms with van der Waals surface area (Å²) < 4.78 is 74.7. The number of para-hydroxylation sites is 2. The van der Waals surface area contributed by atoms with Crippen LogP contribution >= 0.6 is 0 Å². The number of hydrogen-bond acceptors (Lipinski definition) is 24. The highest BCUT2D eigenvalue weighted by Crippen LogP contribution is 2.44. The Morgan fingerprint density at radius 3 is 1.97 bits per heavy atom. The number of methoxy groups -OCH3 is 1. The molecule has 0 saturated carbocycles. The zero-order valence-electron chi connectivity index (χ0n) is 36.0. The molecule has 25 nitrogen and oxygen atoms in total. The lowest BCUT2D eigenvalue weighted by Gasteiger charge is -2.30. The highest BCUT2D eigenvalue weighted by molar-refractivity contribution is 7.92. The lowest BCUT2D eigenvalue weighted by atomic mass is 9.87. The molecular formula is C39H51N7O18S. The minimum atomic E-state index is -4.81. The largest absolute Gasteiger partial charge is 0.510 e. The Morgan fingerprint density at radius 1 is 0.708 bits per heavy atom. The minimum Gasteiger partial charge on any atom is -0.493 e. The molecule has 0 aliphatic carbocycles. The SMILES string of the molecule is COc1ccccc1Oc1c(OCCOC(=O)OCCCCON(O)O)nc(-c2ncccn2)nc1N(C(C)OC(=O)OCCOCCON(O)O)S(=O)(=O)c1ccc(C(C)(C)C)cc1. The van der Waals surface area contributed by atoms with Gasteiger partial charge in [-0.1, -0.05) is 45.0 Å². The lowest BCUT2D eigenvalue weighted by Crippen LogP contribution is -2.42. The smallest absolute Gasteiger partial charge is 0.493 e. The second kappa shape index (κ2) is 25.4. The van der Waals surface area contributed by atoms with Crippen molar-refractivity contribution >= 4 is 28.2 Å². The number of unbranched alkanes of at least 4 members (excludes halogenated alkanes) is 1. The van der Waals surface area contributed by atoms with E-state index in [9.17, 15) is 9.59 Å². The maximum absolute atomic E-state index is 15.0. The van der Waals surface area contributed by atoms with Crippen LogP contribution < -0.4 is 18.5 Å². The summed E-state index contributed by atoms with van der Waals surface area (Å²) in [5.74, 6) is -1.52. The number of anilines is 1. The molecule has 2 aromatic heterocycles. The Hall–Kier alpha value is -6.07. The second-order valence-electron chi connectivity index (χ2n) is 14.0. The molecule has 0 radical (unpaired) electrons. The van der Waals surface area contributed by atoms with Gasteiger partial charge < -0.3 is 37.9 Å². The highest BCUT2D eigenvalue weighted by atomic mass is 32.2. The summed E-state index contributed by atoms with van der Waals surface area (Å²) in [7, 11) is -3.43. The molecule has 0 saturated heterocycles. The fourth-order valence-corrected chi connectivity index (χ4v) is 6.79. The van der Waals surface area contributed by atoms with Crippen LogP contribution in [0.25, 0.3) is 11.6 Å². The average Bonchev–Trinajstić information content (AvgIpc) is 3.26. The van der Waals surface area contributed by atoms with Crippen molar-refractivity contribution in [1.29, 1.82) is 0 Å². The maximum Gasteiger partial charge on any atom is 0.510 e. The predicted octanol–water partition coefficient (Wildman–Crippen LogP) is 5.08. The van der Waals surface area contributed by atoms with Gasteiger partial charge in [0.05, 0.1) is 55.8 Å². The molecule has 2 aromatic carbocycles. The lowest BCUT2D eigenvalue weighted by molar-refractivity contribution is -0.493. The van der Waals surface area contributed by atoms with Gasteiger partial charge in [0.15, 0.2) is 29.4 Å². The molecule has 2 heterocycles. The first-order chi connectivity index (χ1) is 31.0. The van der Waals surface area contributed by atoms with Crippen LogP contribution in [0.3, 0.4) is 0 Å². The Kier molecular flexibility index (Phi) is 20.2. The van der Waals surface area contributed by atoms with Gasteiger partial charge in [0, 0.05) is 12.4 Å². The van der Waals surface area contributed by atoms with Crippen LogP contribution in [-0.2, 0) is 48.8 Å². The highest BCUT2D eigenvalue weighted by Gasteiger charge is 2.39. The van der Waals surface area contributed by atoms with Gasteiger partial charge in [0.2, 0.25) is 11.6 Å². The molecule has 4 rings (SSSR count). The van der Waals surface area contributed by atoms with Crippen molar-refractivity contribution in [2.45, 2.75) is 57.1 Å². The number of nitrogens with zero attached hydrogens (tertiary/aromatic N) is 7. The molecule has 0 fully saturated rings. The van der Waals surface area contributed by atoms with Gasteiger partial charge in [-0.2, -0.15) is 4.98 Å². The van der Waals surface area contributed by atoms with Crippen molar-refractivity contribution in [3.63, 3.8) is 0 Å². The summed E-state index contributed by atoms with van der Waals surface area (Å²) in [6.07, 6.45) is -0.726. The summed E-state index contributed by atoms with van der Waals surface area (Å²) in [6, 6.07) is 13.9. The fourth-order valence-electron chi connectivity index (χ4n) is 5.30. The molecule has 1 atom stereocenters. The first kappa shape index (κ1) is 51.6. The number of rotatable bonds is 26. The van der Waals surface area contributed by atoms with Crippen LogP contribution in [0.15, 0.2) is 71.9 Å². The van der Waals surface area contributed by atoms with Crippen LogP contribution in [0.2, 0.25) is 0 Å². The van der Waals surface area contributed by atoms with Crippen molar-refractivity contribution in [2.24, 2.45) is 0 Å². The summed E-state index contributed by atoms with van der Waals surface area (Å²) >= 11 is 0. The molecule has 356 valence electrons. The Morgan fingerprint density at radius 2 is 1.31 bits per heavy atom. The van der Waals surface area contributed by atoms with Crippen molar-refractivity contribution in [1.82, 2.24) is 30.7 Å². The van der Waals surface area contributed by atoms with E-state index in [0.29, 0.717) is 17.1 Å². The molecule has 0 bridgehead atoms. The van der Waals surface area contributed by atoms with Crippen LogP contribution in [0.4, 0.5) is 15.4 Å². The van der Waals surface area contributed by atoms with E-state index in [1.807, 2.05) is 20.8 Å². The number of carbonyl (C=O) groups excluding carboxylic acids is 2. The number of sulfonamides is 1. The van der Waals surface area contributed by atoms with Crippen LogP contribution in [-0.4, -0.2) is 138 Å². The maximum atomic E-state index is 15.0. The predicted molar refractivity (Wildman–Crippen MR) is 218 cm³/mol. The van der Waals surface area contributed by atoms with E-state index in [0.717, 1.165) is 5.56 Å². The molecule has 65 heavy (non-hydrogen) atoms. The molecule has 26 heteroatoms. The molecule has 0 amide bonds. The van der Waals surface area contributed by atoms with Gasteiger partial charge in [-0.15, -0.1) is 0 Å². The second-order valence-corrected chi connectivity index (χ2v) is 15.8. The molecule has 1 unspecified atom stereocenters. The number of ether oxygens (including phenoxy) is 8.